The van der Waals surface area contributed by atoms with E-state index < -0.39 is 11.8 Å². The van der Waals surface area contributed by atoms with Gasteiger partial charge in [0.2, 0.25) is 5.91 Å². The minimum absolute atomic E-state index is 0.102. The first-order chi connectivity index (χ1) is 21.6. The molecule has 0 unspecified atom stereocenters. The van der Waals surface area contributed by atoms with Gasteiger partial charge < -0.3 is 10.1 Å². The number of carbonyl (C=O) groups is 2. The number of rotatable bonds is 7. The first-order valence-corrected chi connectivity index (χ1v) is 15.3. The van der Waals surface area contributed by atoms with Gasteiger partial charge in [0.1, 0.15) is 23.1 Å². The molecule has 2 N–H and O–H groups in total. The van der Waals surface area contributed by atoms with Gasteiger partial charge in [0.15, 0.2) is 5.13 Å². The van der Waals surface area contributed by atoms with E-state index in [1.165, 1.54) is 34.5 Å². The van der Waals surface area contributed by atoms with Crippen molar-refractivity contribution in [3.8, 4) is 27.9 Å². The standard InChI is InChI=1S/C32H31FN8O3S/c1-32(2,3)26-16-27(41(39-26)24-9-5-4-8-23(24)33)38-29(43)37-21-17-34-30(35-18-21)44-22-13-11-20(12-14-22)25-19-36-31(45-25)40-15-7-6-10-28(40)42/h4-5,8-9,11-14,16-19H,6-7,10,15H2,1-3H3,(H2,37,38,43). The fourth-order valence-corrected chi connectivity index (χ4v) is 5.64. The Kier molecular flexibility index (Phi) is 8.26. The van der Waals surface area contributed by atoms with Crippen molar-refractivity contribution >= 4 is 39.9 Å². The first-order valence-electron chi connectivity index (χ1n) is 14.4. The molecule has 0 spiro atoms. The Morgan fingerprint density at radius 3 is 2.44 bits per heavy atom. The molecule has 11 nitrogen and oxygen atoms in total. The normalized spacial score (nSPS) is 13.5. The van der Waals surface area contributed by atoms with Crippen molar-refractivity contribution in [3.63, 3.8) is 0 Å². The number of nitrogens with zero attached hydrogens (tertiary/aromatic N) is 6. The van der Waals surface area contributed by atoms with E-state index in [0.29, 0.717) is 35.9 Å². The summed E-state index contributed by atoms with van der Waals surface area (Å²) in [5.41, 5.74) is 1.85. The molecular formula is C32H31FN8O3S. The number of urea groups is 1. The predicted molar refractivity (Wildman–Crippen MR) is 171 cm³/mol. The van der Waals surface area contributed by atoms with Crippen molar-refractivity contribution in [2.45, 2.75) is 45.4 Å². The number of anilines is 3. The third-order valence-corrected chi connectivity index (χ3v) is 8.15. The van der Waals surface area contributed by atoms with E-state index in [1.807, 2.05) is 32.9 Å². The number of para-hydroxylation sites is 1. The largest absolute Gasteiger partial charge is 0.424 e. The molecule has 0 saturated carbocycles. The van der Waals surface area contributed by atoms with Crippen molar-refractivity contribution in [2.24, 2.45) is 0 Å². The summed E-state index contributed by atoms with van der Waals surface area (Å²) in [4.78, 5) is 40.7. The molecule has 3 aromatic heterocycles. The van der Waals surface area contributed by atoms with E-state index in [-0.39, 0.29) is 23.0 Å². The minimum Gasteiger partial charge on any atom is -0.424 e. The number of aromatic nitrogens is 5. The van der Waals surface area contributed by atoms with E-state index in [0.717, 1.165) is 28.4 Å². The molecule has 6 rings (SSSR count). The summed E-state index contributed by atoms with van der Waals surface area (Å²) >= 11 is 1.48. The summed E-state index contributed by atoms with van der Waals surface area (Å²) in [6.07, 6.45) is 7.10. The molecule has 0 radical (unpaired) electrons. The summed E-state index contributed by atoms with van der Waals surface area (Å²) in [7, 11) is 0. The van der Waals surface area contributed by atoms with Crippen molar-refractivity contribution < 1.29 is 18.7 Å². The molecule has 1 aliphatic rings. The van der Waals surface area contributed by atoms with Gasteiger partial charge in [-0.3, -0.25) is 15.0 Å². The number of hydrogen-bond acceptors (Lipinski definition) is 8. The summed E-state index contributed by atoms with van der Waals surface area (Å²) in [5.74, 6) is 0.492. The lowest BCUT2D eigenvalue weighted by Gasteiger charge is -2.23. The van der Waals surface area contributed by atoms with Crippen LogP contribution in [0.5, 0.6) is 11.8 Å². The van der Waals surface area contributed by atoms with Crippen LogP contribution in [-0.4, -0.2) is 43.2 Å². The number of carbonyl (C=O) groups excluding carboxylic acids is 2. The van der Waals surface area contributed by atoms with E-state index in [9.17, 15) is 14.0 Å². The molecule has 1 fully saturated rings. The maximum absolute atomic E-state index is 14.6. The quantitative estimate of drug-likeness (QED) is 0.196. The van der Waals surface area contributed by atoms with Gasteiger partial charge in [0, 0.05) is 30.6 Å². The van der Waals surface area contributed by atoms with Crippen LogP contribution in [0.4, 0.5) is 25.8 Å². The third kappa shape index (κ3) is 6.83. The number of thiazole rings is 1. The van der Waals surface area contributed by atoms with E-state index in [1.54, 1.807) is 47.5 Å². The monoisotopic (exact) mass is 626 g/mol. The highest BCUT2D eigenvalue weighted by atomic mass is 32.1. The van der Waals surface area contributed by atoms with Crippen molar-refractivity contribution in [3.05, 3.63) is 84.7 Å². The van der Waals surface area contributed by atoms with Crippen LogP contribution in [0.15, 0.2) is 73.2 Å². The highest BCUT2D eigenvalue weighted by Crippen LogP contribution is 2.34. The molecular weight excluding hydrogens is 595 g/mol. The van der Waals surface area contributed by atoms with Crippen molar-refractivity contribution in [1.29, 1.82) is 0 Å². The van der Waals surface area contributed by atoms with Crippen molar-refractivity contribution in [2.75, 3.05) is 22.1 Å². The Morgan fingerprint density at radius 1 is 0.978 bits per heavy atom. The molecule has 230 valence electrons. The number of halogens is 1. The van der Waals surface area contributed by atoms with Crippen LogP contribution in [0.1, 0.15) is 45.7 Å². The maximum Gasteiger partial charge on any atom is 0.324 e. The number of piperidine rings is 1. The molecule has 1 saturated heterocycles. The lowest BCUT2D eigenvalue weighted by Crippen LogP contribution is -2.34. The Hall–Kier alpha value is -5.17. The van der Waals surface area contributed by atoms with Gasteiger partial charge in [-0.1, -0.05) is 44.2 Å². The van der Waals surface area contributed by atoms with Crippen LogP contribution < -0.4 is 20.3 Å². The Balaban J connectivity index is 1.08. The zero-order valence-electron chi connectivity index (χ0n) is 25.0. The van der Waals surface area contributed by atoms with Crippen molar-refractivity contribution in [1.82, 2.24) is 24.7 Å². The molecule has 45 heavy (non-hydrogen) atoms. The Labute approximate surface area is 263 Å². The second-order valence-corrected chi connectivity index (χ2v) is 12.5. The third-order valence-electron chi connectivity index (χ3n) is 7.08. The van der Waals surface area contributed by atoms with Gasteiger partial charge >= 0.3 is 12.0 Å². The zero-order chi connectivity index (χ0) is 31.6. The van der Waals surface area contributed by atoms with E-state index >= 15 is 0 Å². The van der Waals surface area contributed by atoms with Gasteiger partial charge in [0.25, 0.3) is 0 Å². The fourth-order valence-electron chi connectivity index (χ4n) is 4.68. The number of benzene rings is 2. The van der Waals surface area contributed by atoms with Crippen LogP contribution in [0.25, 0.3) is 16.1 Å². The summed E-state index contributed by atoms with van der Waals surface area (Å²) in [6, 6.07) is 14.9. The van der Waals surface area contributed by atoms with Gasteiger partial charge in [-0.2, -0.15) is 5.10 Å². The van der Waals surface area contributed by atoms with E-state index in [2.05, 4.69) is 30.7 Å². The second-order valence-electron chi connectivity index (χ2n) is 11.5. The molecule has 0 bridgehead atoms. The van der Waals surface area contributed by atoms with Gasteiger partial charge in [-0.25, -0.2) is 28.8 Å². The number of ether oxygens (including phenoxy) is 1. The smallest absolute Gasteiger partial charge is 0.324 e. The average Bonchev–Trinajstić information content (AvgIpc) is 3.67. The molecule has 13 heteroatoms. The molecule has 0 aliphatic carbocycles. The maximum atomic E-state index is 14.6. The summed E-state index contributed by atoms with van der Waals surface area (Å²) < 4.78 is 21.7. The Bertz CT molecular complexity index is 1830. The predicted octanol–water partition coefficient (Wildman–Crippen LogP) is 7.18. The first kappa shape index (κ1) is 29.9. The zero-order valence-corrected chi connectivity index (χ0v) is 25.8. The van der Waals surface area contributed by atoms with Crippen LogP contribution in [0.3, 0.4) is 0 Å². The molecule has 1 aliphatic heterocycles. The molecule has 2 aromatic carbocycles. The number of amides is 3. The fraction of sp³-hybridized carbons (Fsp3) is 0.250. The van der Waals surface area contributed by atoms with Gasteiger partial charge in [-0.15, -0.1) is 0 Å². The highest BCUT2D eigenvalue weighted by molar-refractivity contribution is 7.19. The van der Waals surface area contributed by atoms with Gasteiger partial charge in [-0.05, 0) is 54.8 Å². The Morgan fingerprint density at radius 2 is 1.73 bits per heavy atom. The lowest BCUT2D eigenvalue weighted by molar-refractivity contribution is -0.119. The van der Waals surface area contributed by atoms with Crippen LogP contribution in [0, 0.1) is 5.82 Å². The van der Waals surface area contributed by atoms with Crippen LogP contribution in [-0.2, 0) is 10.2 Å². The molecule has 5 aromatic rings. The summed E-state index contributed by atoms with van der Waals surface area (Å²) in [5, 5.41) is 10.7. The topological polar surface area (TPSA) is 127 Å². The number of nitrogens with one attached hydrogen (secondary N) is 2. The van der Waals surface area contributed by atoms with Crippen LogP contribution in [0.2, 0.25) is 0 Å². The minimum atomic E-state index is -0.573. The molecule has 3 amide bonds. The second kappa shape index (κ2) is 12.4. The molecule has 4 heterocycles. The highest BCUT2D eigenvalue weighted by Gasteiger charge is 2.24. The lowest BCUT2D eigenvalue weighted by atomic mass is 9.92. The average molecular weight is 627 g/mol. The number of hydrogen-bond donors (Lipinski definition) is 2. The SMILES string of the molecule is CC(C)(C)c1cc(NC(=O)Nc2cnc(Oc3ccc(-c4cnc(N5CCCCC5=O)s4)cc3)nc2)n(-c2ccccc2F)n1. The molecule has 0 atom stereocenters. The summed E-state index contributed by atoms with van der Waals surface area (Å²) in [6.45, 7) is 6.66. The van der Waals surface area contributed by atoms with Crippen LogP contribution >= 0.6 is 11.3 Å². The van der Waals surface area contributed by atoms with Gasteiger partial charge in [0.05, 0.1) is 28.7 Å². The van der Waals surface area contributed by atoms with E-state index in [4.69, 9.17) is 4.74 Å².